The highest BCUT2D eigenvalue weighted by Gasteiger charge is 2.35. The Balaban J connectivity index is 1.76. The van der Waals surface area contributed by atoms with Gasteiger partial charge in [-0.2, -0.15) is 0 Å². The van der Waals surface area contributed by atoms with Crippen LogP contribution in [0.2, 0.25) is 0 Å². The number of carbonyl (C=O) groups excluding carboxylic acids is 2. The third-order valence-electron chi connectivity index (χ3n) is 4.27. The minimum absolute atomic E-state index is 0.225. The fourth-order valence-electron chi connectivity index (χ4n) is 2.75. The first-order valence-corrected chi connectivity index (χ1v) is 8.95. The zero-order valence-corrected chi connectivity index (χ0v) is 15.0. The van der Waals surface area contributed by atoms with Gasteiger partial charge in [-0.15, -0.1) is 11.3 Å². The molecule has 5 nitrogen and oxygen atoms in total. The van der Waals surface area contributed by atoms with Gasteiger partial charge < -0.3 is 15.0 Å². The molecule has 0 unspecified atom stereocenters. The zero-order valence-electron chi connectivity index (χ0n) is 14.2. The molecule has 1 atom stereocenters. The lowest BCUT2D eigenvalue weighted by molar-refractivity contribution is -0.139. The van der Waals surface area contributed by atoms with Crippen molar-refractivity contribution in [2.45, 2.75) is 19.4 Å². The molecule has 0 saturated heterocycles. The van der Waals surface area contributed by atoms with Crippen LogP contribution >= 0.6 is 11.3 Å². The molecule has 0 fully saturated rings. The second kappa shape index (κ2) is 7.53. The van der Waals surface area contributed by atoms with Crippen molar-refractivity contribution in [1.29, 1.82) is 0 Å². The van der Waals surface area contributed by atoms with Gasteiger partial charge in [0.25, 0.3) is 0 Å². The number of nitrogens with zero attached hydrogens (tertiary/aromatic N) is 1. The van der Waals surface area contributed by atoms with Crippen LogP contribution in [-0.4, -0.2) is 30.6 Å². The number of esters is 1. The van der Waals surface area contributed by atoms with Crippen molar-refractivity contribution in [2.24, 2.45) is 0 Å². The second-order valence-electron chi connectivity index (χ2n) is 5.83. The van der Waals surface area contributed by atoms with Gasteiger partial charge in [0.05, 0.1) is 18.2 Å². The minimum Gasteiger partial charge on any atom is -0.462 e. The van der Waals surface area contributed by atoms with Crippen molar-refractivity contribution in [2.75, 3.05) is 13.7 Å². The van der Waals surface area contributed by atoms with Crippen LogP contribution in [0, 0.1) is 0 Å². The normalized spacial score (nSPS) is 17.4. The summed E-state index contributed by atoms with van der Waals surface area (Å²) in [5.74, 6) is -0.390. The van der Waals surface area contributed by atoms with Crippen molar-refractivity contribution in [3.63, 3.8) is 0 Å². The maximum absolute atomic E-state index is 12.7. The molecule has 6 heteroatoms. The first-order chi connectivity index (χ1) is 12.1. The Morgan fingerprint density at radius 1 is 1.24 bits per heavy atom. The molecular weight excluding hydrogens is 336 g/mol. The van der Waals surface area contributed by atoms with E-state index in [4.69, 9.17) is 4.74 Å². The molecule has 1 aliphatic rings. The summed E-state index contributed by atoms with van der Waals surface area (Å²) in [5.41, 5.74) is 2.22. The summed E-state index contributed by atoms with van der Waals surface area (Å²) in [4.78, 5) is 27.2. The van der Waals surface area contributed by atoms with Crippen LogP contribution in [0.15, 0.2) is 59.1 Å². The number of urea groups is 1. The fraction of sp³-hybridized carbons (Fsp3) is 0.263. The molecule has 2 aromatic rings. The maximum atomic E-state index is 12.7. The molecule has 0 bridgehead atoms. The first kappa shape index (κ1) is 17.2. The van der Waals surface area contributed by atoms with Gasteiger partial charge in [-0.1, -0.05) is 36.4 Å². The van der Waals surface area contributed by atoms with E-state index in [1.54, 1.807) is 14.0 Å². The number of hydrogen-bond donors (Lipinski definition) is 1. The van der Waals surface area contributed by atoms with Crippen LogP contribution in [0.3, 0.4) is 0 Å². The lowest BCUT2D eigenvalue weighted by atomic mass is 10.0. The standard InChI is InChI=1S/C19H20N2O3S/c1-13-16(18(22)24-11-10-14-7-4-3-5-8-14)17(15-9-6-12-25-15)20-19(23)21(13)2/h3-9,12,17H,10-11H2,1-2H3,(H,20,23)/t17-/m0/s1. The molecule has 3 rings (SSSR count). The van der Waals surface area contributed by atoms with E-state index in [2.05, 4.69) is 5.32 Å². The largest absolute Gasteiger partial charge is 0.462 e. The van der Waals surface area contributed by atoms with E-state index in [1.807, 2.05) is 47.8 Å². The molecule has 25 heavy (non-hydrogen) atoms. The van der Waals surface area contributed by atoms with E-state index in [0.717, 1.165) is 10.4 Å². The smallest absolute Gasteiger partial charge is 0.338 e. The monoisotopic (exact) mass is 356 g/mol. The highest BCUT2D eigenvalue weighted by atomic mass is 32.1. The fourth-order valence-corrected chi connectivity index (χ4v) is 3.54. The first-order valence-electron chi connectivity index (χ1n) is 8.07. The Kier molecular flexibility index (Phi) is 5.19. The molecular formula is C19H20N2O3S. The van der Waals surface area contributed by atoms with Crippen molar-refractivity contribution in [3.05, 3.63) is 69.6 Å². The zero-order chi connectivity index (χ0) is 17.8. The summed E-state index contributed by atoms with van der Waals surface area (Å²) in [7, 11) is 1.65. The molecule has 0 radical (unpaired) electrons. The van der Waals surface area contributed by atoms with Gasteiger partial charge in [-0.3, -0.25) is 0 Å². The molecule has 2 heterocycles. The maximum Gasteiger partial charge on any atom is 0.338 e. The lowest BCUT2D eigenvalue weighted by Gasteiger charge is -2.32. The molecule has 1 aliphatic heterocycles. The average Bonchev–Trinajstić information content (AvgIpc) is 3.14. The molecule has 0 saturated carbocycles. The summed E-state index contributed by atoms with van der Waals surface area (Å²) in [6, 6.07) is 13.0. The van der Waals surface area contributed by atoms with Gasteiger partial charge in [0, 0.05) is 24.0 Å². The number of hydrogen-bond acceptors (Lipinski definition) is 4. The van der Waals surface area contributed by atoms with Crippen LogP contribution in [0.5, 0.6) is 0 Å². The third-order valence-corrected chi connectivity index (χ3v) is 5.21. The number of ether oxygens (including phenoxy) is 1. The number of allylic oxidation sites excluding steroid dienone is 1. The number of amides is 2. The van der Waals surface area contributed by atoms with Crippen LogP contribution in [0.1, 0.15) is 23.4 Å². The van der Waals surface area contributed by atoms with Crippen LogP contribution in [-0.2, 0) is 16.0 Å². The Hall–Kier alpha value is -2.60. The highest BCUT2D eigenvalue weighted by Crippen LogP contribution is 2.32. The van der Waals surface area contributed by atoms with Gasteiger partial charge in [0.1, 0.15) is 0 Å². The quantitative estimate of drug-likeness (QED) is 0.834. The predicted molar refractivity (Wildman–Crippen MR) is 97.2 cm³/mol. The Bertz CT molecular complexity index is 784. The molecule has 1 N–H and O–H groups in total. The van der Waals surface area contributed by atoms with E-state index in [0.29, 0.717) is 24.3 Å². The Morgan fingerprint density at radius 2 is 2.00 bits per heavy atom. The van der Waals surface area contributed by atoms with Crippen LogP contribution in [0.4, 0.5) is 4.79 Å². The summed E-state index contributed by atoms with van der Waals surface area (Å²) >= 11 is 1.50. The van der Waals surface area contributed by atoms with Gasteiger partial charge >= 0.3 is 12.0 Å². The number of rotatable bonds is 5. The minimum atomic E-state index is -0.465. The van der Waals surface area contributed by atoms with Crippen molar-refractivity contribution >= 4 is 23.3 Å². The van der Waals surface area contributed by atoms with Crippen LogP contribution in [0.25, 0.3) is 0 Å². The summed E-state index contributed by atoms with van der Waals surface area (Å²) < 4.78 is 5.50. The van der Waals surface area contributed by atoms with E-state index < -0.39 is 12.0 Å². The Labute approximate surface area is 150 Å². The molecule has 130 valence electrons. The third kappa shape index (κ3) is 3.74. The van der Waals surface area contributed by atoms with Gasteiger partial charge in [0.2, 0.25) is 0 Å². The average molecular weight is 356 g/mol. The second-order valence-corrected chi connectivity index (χ2v) is 6.81. The van der Waals surface area contributed by atoms with E-state index >= 15 is 0 Å². The van der Waals surface area contributed by atoms with Crippen LogP contribution < -0.4 is 5.32 Å². The van der Waals surface area contributed by atoms with Crippen molar-refractivity contribution in [1.82, 2.24) is 10.2 Å². The molecule has 0 spiro atoms. The predicted octanol–water partition coefficient (Wildman–Crippen LogP) is 3.50. The number of carbonyl (C=O) groups is 2. The van der Waals surface area contributed by atoms with Gasteiger partial charge in [-0.05, 0) is 23.9 Å². The SMILES string of the molecule is CC1=C(C(=O)OCCc2ccccc2)[C@H](c2cccs2)NC(=O)N1C. The van der Waals surface area contributed by atoms with E-state index in [-0.39, 0.29) is 6.03 Å². The summed E-state index contributed by atoms with van der Waals surface area (Å²) in [5, 5.41) is 4.80. The van der Waals surface area contributed by atoms with Crippen molar-refractivity contribution in [3.8, 4) is 0 Å². The summed E-state index contributed by atoms with van der Waals surface area (Å²) in [6.45, 7) is 2.07. The summed E-state index contributed by atoms with van der Waals surface area (Å²) in [6.07, 6.45) is 0.658. The highest BCUT2D eigenvalue weighted by molar-refractivity contribution is 7.10. The number of thiophene rings is 1. The molecule has 1 aromatic carbocycles. The Morgan fingerprint density at radius 3 is 2.68 bits per heavy atom. The molecule has 2 amide bonds. The molecule has 0 aliphatic carbocycles. The lowest BCUT2D eigenvalue weighted by Crippen LogP contribution is -2.46. The van der Waals surface area contributed by atoms with Crippen molar-refractivity contribution < 1.29 is 14.3 Å². The molecule has 1 aromatic heterocycles. The topological polar surface area (TPSA) is 58.6 Å². The van der Waals surface area contributed by atoms with E-state index in [9.17, 15) is 9.59 Å². The van der Waals surface area contributed by atoms with E-state index in [1.165, 1.54) is 16.2 Å². The van der Waals surface area contributed by atoms with Gasteiger partial charge in [-0.25, -0.2) is 9.59 Å². The number of benzene rings is 1. The number of nitrogens with one attached hydrogen (secondary N) is 1. The van der Waals surface area contributed by atoms with Gasteiger partial charge in [0.15, 0.2) is 0 Å².